The minimum Gasteiger partial charge on any atom is -0.256 e. The molecule has 5 rings (SSSR count). The molecule has 0 bridgehead atoms. The molecule has 1 aliphatic heterocycles. The molecule has 0 saturated carbocycles. The third-order valence-electron chi connectivity index (χ3n) is 3.78. The summed E-state index contributed by atoms with van der Waals surface area (Å²) in [6.07, 6.45) is 4.11. The SMILES string of the molecule is c1cnc2c(c1)-c1c[n+]3c4ccccc4sc3n1C2. The van der Waals surface area contributed by atoms with Gasteiger partial charge in [0.2, 0.25) is 0 Å². The molecule has 4 heterocycles. The zero-order valence-corrected chi connectivity index (χ0v) is 10.9. The number of aromatic nitrogens is 3. The monoisotopic (exact) mass is 264 g/mol. The average molecular weight is 264 g/mol. The van der Waals surface area contributed by atoms with Gasteiger partial charge in [0.25, 0.3) is 0 Å². The Morgan fingerprint density at radius 2 is 2.11 bits per heavy atom. The van der Waals surface area contributed by atoms with Crippen molar-refractivity contribution in [3.05, 3.63) is 54.5 Å². The molecular weight excluding hydrogens is 254 g/mol. The van der Waals surface area contributed by atoms with E-state index in [9.17, 15) is 0 Å². The summed E-state index contributed by atoms with van der Waals surface area (Å²) in [5.74, 6) is 0. The molecule has 0 fully saturated rings. The van der Waals surface area contributed by atoms with Gasteiger partial charge in [-0.1, -0.05) is 12.1 Å². The Balaban J connectivity index is 1.93. The molecule has 3 nitrogen and oxygen atoms in total. The van der Waals surface area contributed by atoms with Gasteiger partial charge in [0.15, 0.2) is 11.2 Å². The highest BCUT2D eigenvalue weighted by molar-refractivity contribution is 7.23. The number of para-hydroxylation sites is 1. The van der Waals surface area contributed by atoms with Crippen molar-refractivity contribution >= 4 is 26.5 Å². The predicted octanol–water partition coefficient (Wildman–Crippen LogP) is 2.87. The summed E-state index contributed by atoms with van der Waals surface area (Å²) in [4.78, 5) is 5.77. The van der Waals surface area contributed by atoms with Crippen LogP contribution in [0.15, 0.2) is 48.8 Å². The van der Waals surface area contributed by atoms with Crippen molar-refractivity contribution in [2.45, 2.75) is 6.54 Å². The minimum absolute atomic E-state index is 0.884. The van der Waals surface area contributed by atoms with Crippen LogP contribution in [0.25, 0.3) is 26.4 Å². The van der Waals surface area contributed by atoms with E-state index >= 15 is 0 Å². The summed E-state index contributed by atoms with van der Waals surface area (Å²) >= 11 is 1.84. The predicted molar refractivity (Wildman–Crippen MR) is 75.3 cm³/mol. The number of fused-ring (bicyclic) bond motifs is 7. The highest BCUT2D eigenvalue weighted by atomic mass is 32.1. The van der Waals surface area contributed by atoms with Gasteiger partial charge in [-0.2, -0.15) is 4.40 Å². The first-order valence-electron chi connectivity index (χ1n) is 6.28. The second-order valence-electron chi connectivity index (χ2n) is 4.82. The molecule has 3 aromatic heterocycles. The Morgan fingerprint density at radius 1 is 1.16 bits per heavy atom. The van der Waals surface area contributed by atoms with Crippen LogP contribution in [0.3, 0.4) is 0 Å². The lowest BCUT2D eigenvalue weighted by Crippen LogP contribution is -2.16. The lowest BCUT2D eigenvalue weighted by Gasteiger charge is -1.91. The van der Waals surface area contributed by atoms with Gasteiger partial charge in [-0.15, -0.1) is 0 Å². The lowest BCUT2D eigenvalue weighted by atomic mass is 10.2. The lowest BCUT2D eigenvalue weighted by molar-refractivity contribution is -0.476. The molecular formula is C15H10N3S+. The van der Waals surface area contributed by atoms with Crippen LogP contribution >= 0.6 is 11.3 Å². The second-order valence-corrected chi connectivity index (χ2v) is 5.83. The highest BCUT2D eigenvalue weighted by Crippen LogP contribution is 2.34. The van der Waals surface area contributed by atoms with Crippen LogP contribution in [0.2, 0.25) is 0 Å². The van der Waals surface area contributed by atoms with E-state index in [0.29, 0.717) is 0 Å². The first-order valence-corrected chi connectivity index (χ1v) is 7.10. The van der Waals surface area contributed by atoms with Crippen LogP contribution in [0.5, 0.6) is 0 Å². The molecule has 0 saturated heterocycles. The first kappa shape index (κ1) is 9.69. The van der Waals surface area contributed by atoms with Crippen LogP contribution in [0.4, 0.5) is 0 Å². The molecule has 0 N–H and O–H groups in total. The van der Waals surface area contributed by atoms with Crippen molar-refractivity contribution in [2.24, 2.45) is 0 Å². The minimum atomic E-state index is 0.884. The average Bonchev–Trinajstić information content (AvgIpc) is 3.07. The van der Waals surface area contributed by atoms with Crippen molar-refractivity contribution in [3.63, 3.8) is 0 Å². The Kier molecular flexibility index (Phi) is 1.64. The number of thiazole rings is 1. The van der Waals surface area contributed by atoms with Crippen LogP contribution in [-0.4, -0.2) is 9.55 Å². The molecule has 0 radical (unpaired) electrons. The molecule has 90 valence electrons. The molecule has 1 aliphatic rings. The van der Waals surface area contributed by atoms with E-state index in [1.54, 1.807) is 0 Å². The van der Waals surface area contributed by atoms with Crippen molar-refractivity contribution in [3.8, 4) is 11.3 Å². The van der Waals surface area contributed by atoms with Gasteiger partial charge in [0.1, 0.15) is 12.7 Å². The van der Waals surface area contributed by atoms with Crippen LogP contribution < -0.4 is 4.40 Å². The smallest absolute Gasteiger partial charge is 0.256 e. The Bertz CT molecular complexity index is 949. The maximum absolute atomic E-state index is 4.48. The zero-order valence-electron chi connectivity index (χ0n) is 10.1. The highest BCUT2D eigenvalue weighted by Gasteiger charge is 2.31. The normalized spacial score (nSPS) is 13.1. The van der Waals surface area contributed by atoms with E-state index in [1.807, 2.05) is 23.6 Å². The van der Waals surface area contributed by atoms with E-state index in [0.717, 1.165) is 6.54 Å². The molecule has 4 aromatic rings. The van der Waals surface area contributed by atoms with E-state index in [4.69, 9.17) is 0 Å². The van der Waals surface area contributed by atoms with Crippen LogP contribution in [0, 0.1) is 0 Å². The standard InChI is InChI=1S/C15H10N3S/c1-2-6-14-12(5-1)18-9-13-10-4-3-7-16-11(10)8-17(13)15(18)19-14/h1-7,9H,8H2/q+1. The van der Waals surface area contributed by atoms with Crippen LogP contribution in [-0.2, 0) is 6.54 Å². The summed E-state index contributed by atoms with van der Waals surface area (Å²) in [6.45, 7) is 0.884. The van der Waals surface area contributed by atoms with Crippen molar-refractivity contribution < 1.29 is 4.40 Å². The fourth-order valence-corrected chi connectivity index (χ4v) is 4.05. The third-order valence-corrected chi connectivity index (χ3v) is 4.94. The maximum atomic E-state index is 4.48. The Labute approximate surface area is 113 Å². The summed E-state index contributed by atoms with van der Waals surface area (Å²) in [5, 5.41) is 0. The Hall–Kier alpha value is -2.20. The van der Waals surface area contributed by atoms with Crippen molar-refractivity contribution in [1.29, 1.82) is 0 Å². The molecule has 0 unspecified atom stereocenters. The number of imidazole rings is 1. The zero-order chi connectivity index (χ0) is 12.4. The molecule has 0 aliphatic carbocycles. The van der Waals surface area contributed by atoms with Gasteiger partial charge in [0, 0.05) is 6.20 Å². The second kappa shape index (κ2) is 3.22. The molecule has 1 aromatic carbocycles. The molecule has 19 heavy (non-hydrogen) atoms. The largest absolute Gasteiger partial charge is 0.347 e. The summed E-state index contributed by atoms with van der Waals surface area (Å²) in [6, 6.07) is 12.7. The molecule has 0 atom stereocenters. The van der Waals surface area contributed by atoms with Gasteiger partial charge < -0.3 is 0 Å². The maximum Gasteiger partial charge on any atom is 0.347 e. The Morgan fingerprint density at radius 3 is 3.11 bits per heavy atom. The van der Waals surface area contributed by atoms with Gasteiger partial charge in [-0.05, 0) is 35.6 Å². The fourth-order valence-electron chi connectivity index (χ4n) is 2.91. The first-order chi connectivity index (χ1) is 9.42. The third kappa shape index (κ3) is 1.12. The van der Waals surface area contributed by atoms with Crippen molar-refractivity contribution in [1.82, 2.24) is 9.55 Å². The van der Waals surface area contributed by atoms with Gasteiger partial charge in [-0.3, -0.25) is 4.98 Å². The fraction of sp³-hybridized carbons (Fsp3) is 0.0667. The molecule has 4 heteroatoms. The van der Waals surface area contributed by atoms with E-state index in [2.05, 4.69) is 50.5 Å². The number of hydrogen-bond donors (Lipinski definition) is 0. The number of benzene rings is 1. The molecule has 0 spiro atoms. The topological polar surface area (TPSA) is 21.9 Å². The van der Waals surface area contributed by atoms with E-state index in [1.165, 1.54) is 32.1 Å². The quantitative estimate of drug-likeness (QED) is 0.394. The summed E-state index contributed by atoms with van der Waals surface area (Å²) in [5.41, 5.74) is 5.01. The summed E-state index contributed by atoms with van der Waals surface area (Å²) in [7, 11) is 0. The number of hydrogen-bond acceptors (Lipinski definition) is 2. The van der Waals surface area contributed by atoms with Crippen molar-refractivity contribution in [2.75, 3.05) is 0 Å². The van der Waals surface area contributed by atoms with Gasteiger partial charge >= 0.3 is 4.96 Å². The van der Waals surface area contributed by atoms with E-state index in [-0.39, 0.29) is 0 Å². The number of rotatable bonds is 0. The number of pyridine rings is 1. The molecule has 0 amide bonds. The number of nitrogens with zero attached hydrogens (tertiary/aromatic N) is 3. The van der Waals surface area contributed by atoms with Crippen LogP contribution in [0.1, 0.15) is 5.69 Å². The summed E-state index contributed by atoms with van der Waals surface area (Å²) < 4.78 is 5.99. The van der Waals surface area contributed by atoms with Gasteiger partial charge in [0.05, 0.1) is 16.0 Å². The van der Waals surface area contributed by atoms with E-state index < -0.39 is 0 Å². The van der Waals surface area contributed by atoms with Gasteiger partial charge in [-0.25, -0.2) is 4.57 Å².